The molecule has 0 bridgehead atoms. The molecule has 1 fully saturated rings. The topological polar surface area (TPSA) is 78.9 Å². The van der Waals surface area contributed by atoms with Crippen LogP contribution in [0.1, 0.15) is 20.8 Å². The molecule has 1 aliphatic carbocycles. The molecular weight excluding hydrogens is 359 g/mol. The van der Waals surface area contributed by atoms with Gasteiger partial charge in [0.25, 0.3) is 0 Å². The molecule has 1 rings (SSSR count). The first-order valence-electron chi connectivity index (χ1n) is 7.40. The van der Waals surface area contributed by atoms with Gasteiger partial charge in [0.1, 0.15) is 0 Å². The van der Waals surface area contributed by atoms with Gasteiger partial charge in [-0.25, -0.2) is 0 Å². The molecule has 144 valence electrons. The Bertz CT molecular complexity index is 526. The molecule has 2 atom stereocenters. The Morgan fingerprint density at radius 2 is 1.24 bits per heavy atom. The fraction of sp³-hybridized carbons (Fsp3) is 0.786. The third kappa shape index (κ3) is 3.28. The third-order valence-electron chi connectivity index (χ3n) is 3.74. The maximum atomic E-state index is 13.9. The van der Waals surface area contributed by atoms with Crippen LogP contribution in [0.4, 0.5) is 22.0 Å². The highest BCUT2D eigenvalue weighted by Gasteiger charge is 2.90. The molecule has 0 aromatic carbocycles. The van der Waals surface area contributed by atoms with Crippen LogP contribution >= 0.6 is 0 Å². The first-order chi connectivity index (χ1) is 11.4. The minimum absolute atomic E-state index is 0.346. The molecule has 0 unspecified atom stereocenters. The van der Waals surface area contributed by atoms with E-state index < -0.39 is 60.5 Å². The Hall–Kier alpha value is -1.94. The molecular formula is C14H17F5O6. The predicted octanol–water partition coefficient (Wildman–Crippen LogP) is 2.11. The summed E-state index contributed by atoms with van der Waals surface area (Å²) in [7, 11) is 0. The van der Waals surface area contributed by atoms with Gasteiger partial charge in [0.05, 0.1) is 31.7 Å². The molecule has 0 amide bonds. The summed E-state index contributed by atoms with van der Waals surface area (Å²) >= 11 is 0. The number of rotatable bonds is 7. The Morgan fingerprint density at radius 3 is 1.56 bits per heavy atom. The van der Waals surface area contributed by atoms with Crippen LogP contribution in [0.2, 0.25) is 0 Å². The molecule has 0 N–H and O–H groups in total. The predicted molar refractivity (Wildman–Crippen MR) is 70.3 cm³/mol. The van der Waals surface area contributed by atoms with Crippen molar-refractivity contribution in [3.8, 4) is 0 Å². The number of carbonyl (C=O) groups excluding carboxylic acids is 3. The van der Waals surface area contributed by atoms with Gasteiger partial charge in [-0.1, -0.05) is 0 Å². The summed E-state index contributed by atoms with van der Waals surface area (Å²) in [5.41, 5.74) is -3.10. The van der Waals surface area contributed by atoms with Gasteiger partial charge in [-0.05, 0) is 20.8 Å². The molecule has 6 nitrogen and oxygen atoms in total. The van der Waals surface area contributed by atoms with Gasteiger partial charge in [-0.3, -0.25) is 14.4 Å². The molecule has 0 aromatic heterocycles. The zero-order valence-electron chi connectivity index (χ0n) is 13.6. The molecule has 0 heterocycles. The van der Waals surface area contributed by atoms with E-state index in [0.717, 1.165) is 0 Å². The third-order valence-corrected chi connectivity index (χ3v) is 3.74. The summed E-state index contributed by atoms with van der Waals surface area (Å²) < 4.78 is 79.6. The molecule has 1 saturated carbocycles. The number of carbonyl (C=O) groups is 3. The highest BCUT2D eigenvalue weighted by molar-refractivity contribution is 6.10. The largest absolute Gasteiger partial charge is 0.466 e. The minimum Gasteiger partial charge on any atom is -0.466 e. The SMILES string of the molecule is CCOC(=O)[C@H]1[C@@H](C(F)(F)C(F)(F)F)C1(C(=O)OCC)C(=O)OCC. The zero-order valence-corrected chi connectivity index (χ0v) is 13.6. The highest BCUT2D eigenvalue weighted by Crippen LogP contribution is 2.69. The summed E-state index contributed by atoms with van der Waals surface area (Å²) in [6.45, 7) is 2.65. The average molecular weight is 376 g/mol. The maximum absolute atomic E-state index is 13.9. The summed E-state index contributed by atoms with van der Waals surface area (Å²) in [5.74, 6) is -15.8. The van der Waals surface area contributed by atoms with E-state index in [1.165, 1.54) is 20.8 Å². The van der Waals surface area contributed by atoms with Crippen molar-refractivity contribution in [3.63, 3.8) is 0 Å². The number of ether oxygens (including phenoxy) is 3. The molecule has 0 saturated heterocycles. The lowest BCUT2D eigenvalue weighted by Gasteiger charge is -2.22. The van der Waals surface area contributed by atoms with Gasteiger partial charge in [0.2, 0.25) is 0 Å². The van der Waals surface area contributed by atoms with Crippen LogP contribution in [-0.4, -0.2) is 49.8 Å². The summed E-state index contributed by atoms with van der Waals surface area (Å²) in [4.78, 5) is 36.1. The summed E-state index contributed by atoms with van der Waals surface area (Å²) in [5, 5.41) is 0. The van der Waals surface area contributed by atoms with E-state index in [2.05, 4.69) is 14.2 Å². The molecule has 1 aliphatic rings. The highest BCUT2D eigenvalue weighted by atomic mass is 19.4. The monoisotopic (exact) mass is 376 g/mol. The van der Waals surface area contributed by atoms with Crippen molar-refractivity contribution in [1.82, 2.24) is 0 Å². The number of halogens is 5. The molecule has 25 heavy (non-hydrogen) atoms. The molecule has 11 heteroatoms. The van der Waals surface area contributed by atoms with Gasteiger partial charge in [-0.2, -0.15) is 22.0 Å². The lowest BCUT2D eigenvalue weighted by Crippen LogP contribution is -2.44. The van der Waals surface area contributed by atoms with Crippen molar-refractivity contribution in [2.24, 2.45) is 17.3 Å². The molecule has 0 radical (unpaired) electrons. The van der Waals surface area contributed by atoms with Crippen molar-refractivity contribution < 1.29 is 50.5 Å². The smallest absolute Gasteiger partial charge is 0.453 e. The normalized spacial score (nSPS) is 22.1. The first-order valence-corrected chi connectivity index (χ1v) is 7.40. The van der Waals surface area contributed by atoms with E-state index in [9.17, 15) is 36.3 Å². The van der Waals surface area contributed by atoms with Crippen LogP contribution in [0, 0.1) is 17.3 Å². The number of esters is 3. The van der Waals surface area contributed by atoms with Crippen LogP contribution in [0.5, 0.6) is 0 Å². The lowest BCUT2D eigenvalue weighted by atomic mass is 9.99. The lowest BCUT2D eigenvalue weighted by molar-refractivity contribution is -0.295. The zero-order chi connectivity index (χ0) is 19.6. The van der Waals surface area contributed by atoms with E-state index in [1.807, 2.05) is 0 Å². The molecule has 0 aromatic rings. The average Bonchev–Trinajstić information content (AvgIpc) is 3.19. The van der Waals surface area contributed by atoms with E-state index in [-0.39, 0.29) is 6.61 Å². The van der Waals surface area contributed by atoms with E-state index in [0.29, 0.717) is 0 Å². The Balaban J connectivity index is 3.49. The van der Waals surface area contributed by atoms with Crippen LogP contribution in [0.25, 0.3) is 0 Å². The first kappa shape index (κ1) is 21.1. The summed E-state index contributed by atoms with van der Waals surface area (Å²) in [6, 6.07) is 0. The fourth-order valence-electron chi connectivity index (χ4n) is 2.71. The van der Waals surface area contributed by atoms with E-state index in [1.54, 1.807) is 0 Å². The van der Waals surface area contributed by atoms with Gasteiger partial charge in [-0.15, -0.1) is 0 Å². The van der Waals surface area contributed by atoms with Crippen molar-refractivity contribution >= 4 is 17.9 Å². The number of alkyl halides is 5. The minimum atomic E-state index is -6.09. The Morgan fingerprint density at radius 1 is 0.840 bits per heavy atom. The van der Waals surface area contributed by atoms with Crippen LogP contribution in [0.3, 0.4) is 0 Å². The Kier molecular flexibility index (Phi) is 6.01. The summed E-state index contributed by atoms with van der Waals surface area (Å²) in [6.07, 6.45) is -6.09. The van der Waals surface area contributed by atoms with Gasteiger partial charge >= 0.3 is 30.0 Å². The second-order valence-corrected chi connectivity index (χ2v) is 5.14. The van der Waals surface area contributed by atoms with Crippen molar-refractivity contribution in [2.75, 3.05) is 19.8 Å². The quantitative estimate of drug-likeness (QED) is 0.293. The molecule has 0 aliphatic heterocycles. The number of hydrogen-bond donors (Lipinski definition) is 0. The van der Waals surface area contributed by atoms with Crippen molar-refractivity contribution in [2.45, 2.75) is 32.9 Å². The molecule has 0 spiro atoms. The van der Waals surface area contributed by atoms with Crippen molar-refractivity contribution in [3.05, 3.63) is 0 Å². The standard InChI is InChI=1S/C14H17F5O6/c1-4-23-9(20)7-8(13(15,16)14(17,18)19)12(7,10(21)24-5-2)11(22)25-6-3/h7-8H,4-6H2,1-3H3/t7-,8-/m1/s1. The van der Waals surface area contributed by atoms with Gasteiger partial charge in [0, 0.05) is 0 Å². The second-order valence-electron chi connectivity index (χ2n) is 5.14. The van der Waals surface area contributed by atoms with Crippen LogP contribution in [0.15, 0.2) is 0 Å². The second kappa shape index (κ2) is 7.12. The Labute approximate surface area is 139 Å². The van der Waals surface area contributed by atoms with Gasteiger partial charge < -0.3 is 14.2 Å². The van der Waals surface area contributed by atoms with Crippen LogP contribution < -0.4 is 0 Å². The van der Waals surface area contributed by atoms with Crippen LogP contribution in [-0.2, 0) is 28.6 Å². The number of hydrogen-bond acceptors (Lipinski definition) is 6. The van der Waals surface area contributed by atoms with Crippen molar-refractivity contribution in [1.29, 1.82) is 0 Å². The fourth-order valence-corrected chi connectivity index (χ4v) is 2.71. The van der Waals surface area contributed by atoms with E-state index >= 15 is 0 Å². The maximum Gasteiger partial charge on any atom is 0.453 e. The van der Waals surface area contributed by atoms with Gasteiger partial charge in [0.15, 0.2) is 5.41 Å². The van der Waals surface area contributed by atoms with E-state index in [4.69, 9.17) is 0 Å².